The lowest BCUT2D eigenvalue weighted by molar-refractivity contribution is 0.0961. The number of ketones is 1. The van der Waals surface area contributed by atoms with E-state index < -0.39 is 11.7 Å². The van der Waals surface area contributed by atoms with E-state index in [2.05, 4.69) is 4.98 Å². The molecule has 4 aromatic rings. The van der Waals surface area contributed by atoms with Gasteiger partial charge in [-0.05, 0) is 43.3 Å². The molecule has 0 unspecified atom stereocenters. The zero-order valence-electron chi connectivity index (χ0n) is 21.7. The maximum Gasteiger partial charge on any atom is 0.263 e. The first kappa shape index (κ1) is 27.1. The van der Waals surface area contributed by atoms with Crippen molar-refractivity contribution >= 4 is 11.7 Å². The van der Waals surface area contributed by atoms with Crippen molar-refractivity contribution in [2.45, 2.75) is 20.8 Å². The molecule has 37 heavy (non-hydrogen) atoms. The Labute approximate surface area is 215 Å². The number of hydrogen-bond donors (Lipinski definition) is 0. The van der Waals surface area contributed by atoms with Crippen LogP contribution >= 0.6 is 0 Å². The molecular weight excluding hydrogens is 475 g/mol. The van der Waals surface area contributed by atoms with E-state index in [1.807, 2.05) is 32.9 Å². The predicted molar refractivity (Wildman–Crippen MR) is 139 cm³/mol. The molecule has 0 saturated heterocycles. The van der Waals surface area contributed by atoms with Crippen LogP contribution in [0.2, 0.25) is 0 Å². The molecule has 0 aliphatic carbocycles. The Hall–Kier alpha value is -4.46. The van der Waals surface area contributed by atoms with E-state index in [1.165, 1.54) is 56.4 Å². The predicted octanol–water partition coefficient (Wildman–Crippen LogP) is 5.97. The van der Waals surface area contributed by atoms with Crippen molar-refractivity contribution in [1.82, 2.24) is 9.55 Å². The third kappa shape index (κ3) is 5.69. The van der Waals surface area contributed by atoms with Crippen LogP contribution in [-0.2, 0) is 0 Å². The topological polar surface area (TPSA) is 79.7 Å². The first-order valence-electron chi connectivity index (χ1n) is 11.7. The normalized spacial score (nSPS) is 10.2. The highest BCUT2D eigenvalue weighted by Crippen LogP contribution is 2.41. The molecule has 7 nitrogen and oxygen atoms in total. The minimum atomic E-state index is -0.482. The molecule has 0 bridgehead atoms. The summed E-state index contributed by atoms with van der Waals surface area (Å²) in [7, 11) is 4.44. The first-order valence-corrected chi connectivity index (χ1v) is 11.7. The zero-order chi connectivity index (χ0) is 27.1. The van der Waals surface area contributed by atoms with E-state index in [0.717, 1.165) is 5.56 Å². The molecule has 3 aromatic carbocycles. The van der Waals surface area contributed by atoms with Gasteiger partial charge >= 0.3 is 0 Å². The van der Waals surface area contributed by atoms with Crippen LogP contribution < -0.4 is 14.2 Å². The van der Waals surface area contributed by atoms with Crippen LogP contribution in [0.3, 0.4) is 0 Å². The molecule has 0 amide bonds. The minimum Gasteiger partial charge on any atom is -0.493 e. The van der Waals surface area contributed by atoms with E-state index in [0.29, 0.717) is 28.4 Å². The van der Waals surface area contributed by atoms with Crippen molar-refractivity contribution in [2.75, 3.05) is 21.3 Å². The van der Waals surface area contributed by atoms with E-state index in [9.17, 15) is 14.0 Å². The summed E-state index contributed by atoms with van der Waals surface area (Å²) in [6.45, 7) is 5.92. The number of imidazole rings is 1. The summed E-state index contributed by atoms with van der Waals surface area (Å²) in [5, 5.41) is 0. The standard InChI is InChI=1S/C27H23FN2O5.C2H6/c1-16-5-7-17(8-6-16)24(31)21-15-30(27(32)18-9-11-20(28)12-10-18)26(29-21)19-13-22(33-2)25(35-4)23(14-19)34-3;1-2/h5-15H,1-4H3;1-2H3. The van der Waals surface area contributed by atoms with E-state index in [1.54, 1.807) is 24.3 Å². The van der Waals surface area contributed by atoms with Gasteiger partial charge in [0.15, 0.2) is 11.5 Å². The molecule has 1 heterocycles. The number of rotatable bonds is 7. The van der Waals surface area contributed by atoms with Crippen LogP contribution in [0.5, 0.6) is 17.2 Å². The Morgan fingerprint density at radius 2 is 1.35 bits per heavy atom. The van der Waals surface area contributed by atoms with Crippen molar-refractivity contribution in [3.63, 3.8) is 0 Å². The molecule has 0 N–H and O–H groups in total. The Bertz CT molecular complexity index is 1370. The number of ether oxygens (including phenoxy) is 3. The smallest absolute Gasteiger partial charge is 0.263 e. The number of methoxy groups -OCH3 is 3. The van der Waals surface area contributed by atoms with Crippen molar-refractivity contribution in [1.29, 1.82) is 0 Å². The lowest BCUT2D eigenvalue weighted by atomic mass is 10.1. The van der Waals surface area contributed by atoms with Crippen LogP contribution in [0.4, 0.5) is 4.39 Å². The van der Waals surface area contributed by atoms with Crippen molar-refractivity contribution in [2.24, 2.45) is 0 Å². The van der Waals surface area contributed by atoms with Gasteiger partial charge in [-0.1, -0.05) is 43.7 Å². The summed E-state index contributed by atoms with van der Waals surface area (Å²) in [4.78, 5) is 31.1. The summed E-state index contributed by atoms with van der Waals surface area (Å²) in [6, 6.07) is 15.5. The maximum absolute atomic E-state index is 13.4. The van der Waals surface area contributed by atoms with E-state index in [4.69, 9.17) is 14.2 Å². The molecule has 0 saturated carbocycles. The third-order valence-corrected chi connectivity index (χ3v) is 5.49. The Balaban J connectivity index is 0.00000186. The summed E-state index contributed by atoms with van der Waals surface area (Å²) >= 11 is 0. The fourth-order valence-corrected chi connectivity index (χ4v) is 3.64. The minimum absolute atomic E-state index is 0.0769. The molecule has 8 heteroatoms. The zero-order valence-corrected chi connectivity index (χ0v) is 21.7. The van der Waals surface area contributed by atoms with Crippen LogP contribution in [0.15, 0.2) is 66.9 Å². The number of benzene rings is 3. The van der Waals surface area contributed by atoms with Gasteiger partial charge in [-0.15, -0.1) is 0 Å². The molecular formula is C29H29FN2O5. The number of halogens is 1. The number of carbonyl (C=O) groups is 2. The van der Waals surface area contributed by atoms with Gasteiger partial charge in [-0.3, -0.25) is 14.2 Å². The molecule has 0 spiro atoms. The van der Waals surface area contributed by atoms with E-state index >= 15 is 0 Å². The average molecular weight is 505 g/mol. The number of carbonyl (C=O) groups excluding carboxylic acids is 2. The van der Waals surface area contributed by atoms with Gasteiger partial charge in [0, 0.05) is 22.9 Å². The second kappa shape index (κ2) is 12.0. The summed E-state index contributed by atoms with van der Waals surface area (Å²) in [6.07, 6.45) is 1.38. The Kier molecular flexibility index (Phi) is 8.79. The largest absolute Gasteiger partial charge is 0.493 e. The fourth-order valence-electron chi connectivity index (χ4n) is 3.64. The quantitative estimate of drug-likeness (QED) is 0.289. The van der Waals surface area contributed by atoms with Gasteiger partial charge in [0.2, 0.25) is 11.5 Å². The molecule has 0 fully saturated rings. The lowest BCUT2D eigenvalue weighted by Crippen LogP contribution is -2.13. The summed E-state index contributed by atoms with van der Waals surface area (Å²) in [5.74, 6) is -0.0124. The van der Waals surface area contributed by atoms with Gasteiger partial charge in [0.1, 0.15) is 17.3 Å². The second-order valence-corrected chi connectivity index (χ2v) is 7.74. The molecule has 0 aliphatic heterocycles. The summed E-state index contributed by atoms with van der Waals surface area (Å²) < 4.78 is 31.0. The molecule has 192 valence electrons. The first-order chi connectivity index (χ1) is 17.9. The van der Waals surface area contributed by atoms with Crippen LogP contribution in [0.1, 0.15) is 45.8 Å². The summed E-state index contributed by atoms with van der Waals surface area (Å²) in [5.41, 5.74) is 2.21. The Morgan fingerprint density at radius 1 is 0.811 bits per heavy atom. The van der Waals surface area contributed by atoms with Crippen LogP contribution in [0, 0.1) is 12.7 Å². The van der Waals surface area contributed by atoms with E-state index in [-0.39, 0.29) is 22.9 Å². The lowest BCUT2D eigenvalue weighted by Gasteiger charge is -2.14. The highest BCUT2D eigenvalue weighted by Gasteiger charge is 2.24. The highest BCUT2D eigenvalue weighted by atomic mass is 19.1. The molecule has 0 radical (unpaired) electrons. The SMILES string of the molecule is CC.COc1cc(-c2nc(C(=O)c3ccc(C)cc3)cn2C(=O)c2ccc(F)cc2)cc(OC)c1OC. The number of aryl methyl sites for hydroxylation is 1. The molecule has 0 atom stereocenters. The highest BCUT2D eigenvalue weighted by molar-refractivity contribution is 6.09. The molecule has 1 aromatic heterocycles. The second-order valence-electron chi connectivity index (χ2n) is 7.74. The number of nitrogens with zero attached hydrogens (tertiary/aromatic N) is 2. The molecule has 4 rings (SSSR count). The van der Waals surface area contributed by atoms with Crippen LogP contribution in [0.25, 0.3) is 11.4 Å². The van der Waals surface area contributed by atoms with Gasteiger partial charge in [0.05, 0.1) is 21.3 Å². The number of aromatic nitrogens is 2. The van der Waals surface area contributed by atoms with Gasteiger partial charge in [0.25, 0.3) is 5.91 Å². The van der Waals surface area contributed by atoms with Gasteiger partial charge in [-0.25, -0.2) is 9.37 Å². The fraction of sp³-hybridized carbons (Fsp3) is 0.207. The van der Waals surface area contributed by atoms with Gasteiger partial charge < -0.3 is 14.2 Å². The van der Waals surface area contributed by atoms with Crippen molar-refractivity contribution in [3.05, 3.63) is 95.1 Å². The van der Waals surface area contributed by atoms with Crippen molar-refractivity contribution in [3.8, 4) is 28.6 Å². The third-order valence-electron chi connectivity index (χ3n) is 5.49. The average Bonchev–Trinajstić information content (AvgIpc) is 3.39. The monoisotopic (exact) mass is 504 g/mol. The number of hydrogen-bond acceptors (Lipinski definition) is 6. The van der Waals surface area contributed by atoms with Gasteiger partial charge in [-0.2, -0.15) is 0 Å². The maximum atomic E-state index is 13.4. The van der Waals surface area contributed by atoms with Crippen molar-refractivity contribution < 1.29 is 28.2 Å². The Morgan fingerprint density at radius 3 is 1.86 bits per heavy atom. The molecule has 0 aliphatic rings. The van der Waals surface area contributed by atoms with Crippen LogP contribution in [-0.4, -0.2) is 42.6 Å².